The Bertz CT molecular complexity index is 1110. The summed E-state index contributed by atoms with van der Waals surface area (Å²) >= 11 is 8.90. The number of furan rings is 1. The molecular formula is C22H19BrFN3O3S. The number of aromatic nitrogens is 1. The Kier molecular flexibility index (Phi) is 6.33. The molecule has 3 aromatic rings. The van der Waals surface area contributed by atoms with Crippen LogP contribution in [0, 0.1) is 5.82 Å². The van der Waals surface area contributed by atoms with Gasteiger partial charge < -0.3 is 19.4 Å². The molecule has 1 aliphatic heterocycles. The number of rotatable bonds is 6. The van der Waals surface area contributed by atoms with Crippen LogP contribution in [-0.2, 0) is 9.53 Å². The minimum atomic E-state index is -0.417. The summed E-state index contributed by atoms with van der Waals surface area (Å²) in [7, 11) is 0. The topological polar surface area (TPSA) is 67.6 Å². The summed E-state index contributed by atoms with van der Waals surface area (Å²) < 4.78 is 25.4. The molecule has 1 fully saturated rings. The van der Waals surface area contributed by atoms with Crippen LogP contribution in [0.3, 0.4) is 0 Å². The van der Waals surface area contributed by atoms with Crippen LogP contribution in [0.2, 0.25) is 0 Å². The third kappa shape index (κ3) is 4.47. The first-order valence-electron chi connectivity index (χ1n) is 9.66. The van der Waals surface area contributed by atoms with Gasteiger partial charge in [0.25, 0.3) is 0 Å². The molecule has 4 rings (SSSR count). The molecule has 0 bridgehead atoms. The number of pyridine rings is 1. The van der Waals surface area contributed by atoms with Gasteiger partial charge in [-0.05, 0) is 77.5 Å². The molecule has 1 saturated heterocycles. The molecule has 1 aliphatic rings. The zero-order valence-electron chi connectivity index (χ0n) is 16.5. The predicted molar refractivity (Wildman–Crippen MR) is 121 cm³/mol. The van der Waals surface area contributed by atoms with Crippen LogP contribution in [0.25, 0.3) is 11.3 Å². The Hall–Kier alpha value is -2.78. The van der Waals surface area contributed by atoms with Crippen molar-refractivity contribution in [1.82, 2.24) is 15.2 Å². The van der Waals surface area contributed by atoms with Gasteiger partial charge in [0.15, 0.2) is 5.11 Å². The Morgan fingerprint density at radius 2 is 2.16 bits per heavy atom. The molecule has 6 nitrogen and oxygen atoms in total. The normalized spacial score (nSPS) is 18.2. The number of nitrogens with zero attached hydrogens (tertiary/aromatic N) is 2. The van der Waals surface area contributed by atoms with Crippen LogP contribution in [0.1, 0.15) is 30.5 Å². The van der Waals surface area contributed by atoms with E-state index in [2.05, 4.69) is 26.2 Å². The maximum atomic E-state index is 13.5. The molecule has 1 aromatic carbocycles. The monoisotopic (exact) mass is 503 g/mol. The van der Waals surface area contributed by atoms with E-state index in [0.29, 0.717) is 26.7 Å². The van der Waals surface area contributed by atoms with Gasteiger partial charge in [0, 0.05) is 16.2 Å². The molecule has 31 heavy (non-hydrogen) atoms. The fourth-order valence-electron chi connectivity index (χ4n) is 3.58. The van der Waals surface area contributed by atoms with E-state index >= 15 is 0 Å². The second kappa shape index (κ2) is 9.15. The maximum absolute atomic E-state index is 13.5. The first-order chi connectivity index (χ1) is 15.0. The van der Waals surface area contributed by atoms with Gasteiger partial charge in [0.2, 0.25) is 0 Å². The Morgan fingerprint density at radius 3 is 2.87 bits per heavy atom. The number of carbonyl (C=O) groups is 1. The fourth-order valence-corrected chi connectivity index (χ4v) is 4.43. The van der Waals surface area contributed by atoms with Crippen LogP contribution in [0.5, 0.6) is 0 Å². The summed E-state index contributed by atoms with van der Waals surface area (Å²) in [6.45, 7) is 2.01. The Labute approximate surface area is 192 Å². The molecule has 160 valence electrons. The molecular weight excluding hydrogens is 485 g/mol. The van der Waals surface area contributed by atoms with E-state index in [1.807, 2.05) is 30.3 Å². The Balaban J connectivity index is 1.72. The third-order valence-electron chi connectivity index (χ3n) is 4.92. The molecule has 0 unspecified atom stereocenters. The summed E-state index contributed by atoms with van der Waals surface area (Å²) in [5.74, 6) is 0.434. The van der Waals surface area contributed by atoms with Gasteiger partial charge in [0.1, 0.15) is 29.9 Å². The van der Waals surface area contributed by atoms with Crippen molar-refractivity contribution in [2.45, 2.75) is 19.0 Å². The van der Waals surface area contributed by atoms with Gasteiger partial charge in [-0.15, -0.1) is 0 Å². The summed E-state index contributed by atoms with van der Waals surface area (Å²) in [6, 6.07) is 12.9. The highest BCUT2D eigenvalue weighted by Crippen LogP contribution is 2.41. The van der Waals surface area contributed by atoms with Crippen molar-refractivity contribution in [1.29, 1.82) is 0 Å². The third-order valence-corrected chi connectivity index (χ3v) is 5.93. The fraction of sp³-hybridized carbons (Fsp3) is 0.227. The highest BCUT2D eigenvalue weighted by molar-refractivity contribution is 9.10. The van der Waals surface area contributed by atoms with E-state index in [4.69, 9.17) is 21.4 Å². The molecule has 2 atom stereocenters. The largest absolute Gasteiger partial charge is 0.465 e. The molecule has 9 heteroatoms. The zero-order valence-corrected chi connectivity index (χ0v) is 19.0. The van der Waals surface area contributed by atoms with E-state index in [1.54, 1.807) is 24.1 Å². The SMILES string of the molecule is CCOC(=O)CN1C(=S)N[C@H](c2ccccn2)[C@@H]1c1ccc(-c2ccc(F)cc2Br)o1. The second-order valence-electron chi connectivity index (χ2n) is 6.89. The van der Waals surface area contributed by atoms with Crippen molar-refractivity contribution in [2.75, 3.05) is 13.2 Å². The summed E-state index contributed by atoms with van der Waals surface area (Å²) in [5, 5.41) is 3.66. The average molecular weight is 504 g/mol. The number of ether oxygens (including phenoxy) is 1. The van der Waals surface area contributed by atoms with Gasteiger partial charge >= 0.3 is 5.97 Å². The van der Waals surface area contributed by atoms with Crippen molar-refractivity contribution in [3.05, 3.63) is 76.5 Å². The van der Waals surface area contributed by atoms with Gasteiger partial charge in [0.05, 0.1) is 18.3 Å². The number of benzene rings is 1. The number of esters is 1. The molecule has 0 spiro atoms. The lowest BCUT2D eigenvalue weighted by Gasteiger charge is -2.25. The van der Waals surface area contributed by atoms with Crippen molar-refractivity contribution in [3.63, 3.8) is 0 Å². The van der Waals surface area contributed by atoms with Crippen molar-refractivity contribution in [3.8, 4) is 11.3 Å². The molecule has 0 aliphatic carbocycles. The number of carbonyl (C=O) groups excluding carboxylic acids is 1. The number of halogens is 2. The Morgan fingerprint density at radius 1 is 1.32 bits per heavy atom. The van der Waals surface area contributed by atoms with Crippen molar-refractivity contribution >= 4 is 39.2 Å². The van der Waals surface area contributed by atoms with E-state index in [9.17, 15) is 9.18 Å². The highest BCUT2D eigenvalue weighted by Gasteiger charge is 2.42. The summed E-state index contributed by atoms with van der Waals surface area (Å²) in [4.78, 5) is 18.4. The van der Waals surface area contributed by atoms with Gasteiger partial charge in [-0.3, -0.25) is 9.78 Å². The number of hydrogen-bond acceptors (Lipinski definition) is 5. The van der Waals surface area contributed by atoms with E-state index < -0.39 is 6.04 Å². The highest BCUT2D eigenvalue weighted by atomic mass is 79.9. The van der Waals surface area contributed by atoms with Crippen LogP contribution in [0.15, 0.2) is 63.6 Å². The number of thiocarbonyl (C=S) groups is 1. The lowest BCUT2D eigenvalue weighted by molar-refractivity contribution is -0.143. The maximum Gasteiger partial charge on any atom is 0.325 e. The summed E-state index contributed by atoms with van der Waals surface area (Å²) in [5.41, 5.74) is 1.48. The average Bonchev–Trinajstić information content (AvgIpc) is 3.34. The number of hydrogen-bond donors (Lipinski definition) is 1. The van der Waals surface area contributed by atoms with E-state index in [-0.39, 0.29) is 31.0 Å². The first-order valence-corrected chi connectivity index (χ1v) is 10.9. The van der Waals surface area contributed by atoms with E-state index in [0.717, 1.165) is 5.69 Å². The molecule has 1 N–H and O–H groups in total. The molecule has 0 saturated carbocycles. The van der Waals surface area contributed by atoms with Crippen LogP contribution < -0.4 is 5.32 Å². The smallest absolute Gasteiger partial charge is 0.325 e. The minimum Gasteiger partial charge on any atom is -0.465 e. The summed E-state index contributed by atoms with van der Waals surface area (Å²) in [6.07, 6.45) is 1.70. The second-order valence-corrected chi connectivity index (χ2v) is 8.13. The van der Waals surface area contributed by atoms with Crippen LogP contribution >= 0.6 is 28.1 Å². The lowest BCUT2D eigenvalue weighted by atomic mass is 10.0. The minimum absolute atomic E-state index is 0.0239. The van der Waals surface area contributed by atoms with Gasteiger partial charge in [-0.25, -0.2) is 4.39 Å². The predicted octanol–water partition coefficient (Wildman–Crippen LogP) is 4.78. The molecule has 2 aromatic heterocycles. The van der Waals surface area contributed by atoms with Gasteiger partial charge in [-0.2, -0.15) is 0 Å². The van der Waals surface area contributed by atoms with Crippen molar-refractivity contribution < 1.29 is 18.3 Å². The zero-order chi connectivity index (χ0) is 22.0. The molecule has 0 amide bonds. The van der Waals surface area contributed by atoms with Crippen molar-refractivity contribution in [2.24, 2.45) is 0 Å². The first kappa shape index (κ1) is 21.5. The van der Waals surface area contributed by atoms with Crippen LogP contribution in [-0.4, -0.2) is 34.1 Å². The van der Waals surface area contributed by atoms with E-state index in [1.165, 1.54) is 12.1 Å². The quantitative estimate of drug-likeness (QED) is 0.383. The standard InChI is InChI=1S/C22H19BrFN3O3S/c1-2-29-19(28)12-27-21(20(26-22(27)31)16-5-3-4-10-25-16)18-9-8-17(30-18)14-7-6-13(24)11-15(14)23/h3-11,20-21H,2,12H2,1H3,(H,26,31)/t20-,21+/m1/s1. The molecule has 3 heterocycles. The van der Waals surface area contributed by atoms with Crippen LogP contribution in [0.4, 0.5) is 4.39 Å². The molecule has 0 radical (unpaired) electrons. The lowest BCUT2D eigenvalue weighted by Crippen LogP contribution is -2.35. The number of nitrogens with one attached hydrogen (secondary N) is 1. The van der Waals surface area contributed by atoms with Gasteiger partial charge in [-0.1, -0.05) is 6.07 Å².